The summed E-state index contributed by atoms with van der Waals surface area (Å²) < 4.78 is 7.74. The Morgan fingerprint density at radius 1 is 0.970 bits per heavy atom. The van der Waals surface area contributed by atoms with Gasteiger partial charge in [0.15, 0.2) is 5.82 Å². The lowest BCUT2D eigenvalue weighted by Gasteiger charge is -2.10. The number of carbonyl (C=O) groups is 1. The molecule has 166 valence electrons. The summed E-state index contributed by atoms with van der Waals surface area (Å²) >= 11 is 0. The van der Waals surface area contributed by atoms with Gasteiger partial charge in [0.2, 0.25) is 11.8 Å². The minimum absolute atomic E-state index is 0.205. The first-order valence-electron chi connectivity index (χ1n) is 10.6. The summed E-state index contributed by atoms with van der Waals surface area (Å²) in [4.78, 5) is 21.1. The molecule has 0 aliphatic carbocycles. The molecule has 2 aromatic heterocycles. The fourth-order valence-corrected chi connectivity index (χ4v) is 3.28. The number of nitrogens with one attached hydrogen (secondary N) is 1. The smallest absolute Gasteiger partial charge is 0.248 e. The van der Waals surface area contributed by atoms with Crippen LogP contribution in [0.3, 0.4) is 0 Å². The average Bonchev–Trinajstić information content (AvgIpc) is 3.07. The van der Waals surface area contributed by atoms with E-state index in [4.69, 9.17) is 4.74 Å². The second kappa shape index (κ2) is 9.48. The standard InChI is InChI=1S/C26H25N5O2/c1-17-18(2)30-31(19(17)3)24-16-26(28-20(4)27-24)33-23-13-11-22(12-14-23)29-25(32)15-10-21-8-6-5-7-9-21/h5-16H,1-4H3,(H,29,32)/b15-10+. The lowest BCUT2D eigenvalue weighted by Crippen LogP contribution is -2.07. The van der Waals surface area contributed by atoms with Gasteiger partial charge in [0.05, 0.1) is 5.69 Å². The van der Waals surface area contributed by atoms with Gasteiger partial charge in [0.25, 0.3) is 0 Å². The molecule has 2 heterocycles. The Labute approximate surface area is 192 Å². The number of aromatic nitrogens is 4. The number of carbonyl (C=O) groups excluding carboxylic acids is 1. The van der Waals surface area contributed by atoms with Crippen LogP contribution in [0.15, 0.2) is 66.7 Å². The molecule has 0 aliphatic rings. The average molecular weight is 440 g/mol. The summed E-state index contributed by atoms with van der Waals surface area (Å²) in [5.74, 6) is 2.05. The predicted molar refractivity (Wildman–Crippen MR) is 129 cm³/mol. The summed E-state index contributed by atoms with van der Waals surface area (Å²) in [6.07, 6.45) is 3.28. The zero-order chi connectivity index (χ0) is 23.4. The van der Waals surface area contributed by atoms with Gasteiger partial charge in [-0.1, -0.05) is 30.3 Å². The molecule has 0 aliphatic heterocycles. The Kier molecular flexibility index (Phi) is 6.31. The largest absolute Gasteiger partial charge is 0.439 e. The second-order valence-electron chi connectivity index (χ2n) is 7.68. The van der Waals surface area contributed by atoms with Gasteiger partial charge in [0, 0.05) is 23.5 Å². The van der Waals surface area contributed by atoms with Gasteiger partial charge in [-0.25, -0.2) is 9.67 Å². The first kappa shape index (κ1) is 22.0. The van der Waals surface area contributed by atoms with Crippen molar-refractivity contribution in [3.05, 3.63) is 95.1 Å². The maximum absolute atomic E-state index is 12.2. The van der Waals surface area contributed by atoms with Crippen LogP contribution in [0, 0.1) is 27.7 Å². The highest BCUT2D eigenvalue weighted by atomic mass is 16.5. The van der Waals surface area contributed by atoms with E-state index in [1.54, 1.807) is 41.1 Å². The summed E-state index contributed by atoms with van der Waals surface area (Å²) in [5.41, 5.74) is 4.75. The molecule has 7 nitrogen and oxygen atoms in total. The van der Waals surface area contributed by atoms with Crippen molar-refractivity contribution < 1.29 is 9.53 Å². The third-order valence-electron chi connectivity index (χ3n) is 5.24. The molecule has 2 aromatic carbocycles. The maximum Gasteiger partial charge on any atom is 0.248 e. The molecule has 33 heavy (non-hydrogen) atoms. The van der Waals surface area contributed by atoms with Crippen LogP contribution in [0.5, 0.6) is 11.6 Å². The number of hydrogen-bond acceptors (Lipinski definition) is 5. The Balaban J connectivity index is 1.45. The number of ether oxygens (including phenoxy) is 1. The molecule has 0 spiro atoms. The number of anilines is 1. The number of hydrogen-bond donors (Lipinski definition) is 1. The molecule has 0 bridgehead atoms. The Morgan fingerprint density at radius 3 is 2.36 bits per heavy atom. The zero-order valence-corrected chi connectivity index (χ0v) is 19.0. The highest BCUT2D eigenvalue weighted by molar-refractivity contribution is 6.01. The van der Waals surface area contributed by atoms with Crippen molar-refractivity contribution in [2.24, 2.45) is 0 Å². The number of aryl methyl sites for hydroxylation is 2. The van der Waals surface area contributed by atoms with E-state index >= 15 is 0 Å². The normalized spacial score (nSPS) is 11.0. The molecular formula is C26H25N5O2. The molecule has 0 saturated carbocycles. The summed E-state index contributed by atoms with van der Waals surface area (Å²) in [7, 11) is 0. The minimum atomic E-state index is -0.205. The van der Waals surface area contributed by atoms with Gasteiger partial charge in [-0.15, -0.1) is 0 Å². The molecule has 1 N–H and O–H groups in total. The highest BCUT2D eigenvalue weighted by Crippen LogP contribution is 2.24. The number of benzene rings is 2. The van der Waals surface area contributed by atoms with E-state index < -0.39 is 0 Å². The quantitative estimate of drug-likeness (QED) is 0.410. The van der Waals surface area contributed by atoms with E-state index in [1.165, 1.54) is 6.08 Å². The Hall–Kier alpha value is -4.26. The molecule has 0 fully saturated rings. The molecule has 0 unspecified atom stereocenters. The fourth-order valence-electron chi connectivity index (χ4n) is 3.28. The van der Waals surface area contributed by atoms with Gasteiger partial charge < -0.3 is 10.1 Å². The van der Waals surface area contributed by atoms with Crippen LogP contribution in [0.25, 0.3) is 11.9 Å². The number of rotatable bonds is 6. The summed E-state index contributed by atoms with van der Waals surface area (Å²) in [5, 5.41) is 7.41. The van der Waals surface area contributed by atoms with E-state index in [9.17, 15) is 4.79 Å². The topological polar surface area (TPSA) is 81.9 Å². The van der Waals surface area contributed by atoms with Crippen molar-refractivity contribution in [2.45, 2.75) is 27.7 Å². The van der Waals surface area contributed by atoms with Gasteiger partial charge in [-0.2, -0.15) is 10.1 Å². The van der Waals surface area contributed by atoms with Gasteiger partial charge >= 0.3 is 0 Å². The van der Waals surface area contributed by atoms with Gasteiger partial charge in [-0.3, -0.25) is 4.79 Å². The van der Waals surface area contributed by atoms with Crippen molar-refractivity contribution in [1.82, 2.24) is 19.7 Å². The van der Waals surface area contributed by atoms with Crippen molar-refractivity contribution in [1.29, 1.82) is 0 Å². The van der Waals surface area contributed by atoms with Crippen LogP contribution in [0.2, 0.25) is 0 Å². The van der Waals surface area contributed by atoms with Crippen LogP contribution < -0.4 is 10.1 Å². The van der Waals surface area contributed by atoms with E-state index in [0.717, 1.165) is 22.5 Å². The minimum Gasteiger partial charge on any atom is -0.439 e. The van der Waals surface area contributed by atoms with Crippen molar-refractivity contribution in [3.63, 3.8) is 0 Å². The van der Waals surface area contributed by atoms with Crippen LogP contribution >= 0.6 is 0 Å². The third-order valence-corrected chi connectivity index (χ3v) is 5.24. The van der Waals surface area contributed by atoms with Crippen molar-refractivity contribution in [2.75, 3.05) is 5.32 Å². The Morgan fingerprint density at radius 2 is 1.70 bits per heavy atom. The van der Waals surface area contributed by atoms with E-state index in [2.05, 4.69) is 20.4 Å². The van der Waals surface area contributed by atoms with Crippen molar-refractivity contribution in [3.8, 4) is 17.4 Å². The Bertz CT molecular complexity index is 1310. The van der Waals surface area contributed by atoms with Gasteiger partial charge in [-0.05, 0) is 69.2 Å². The zero-order valence-electron chi connectivity index (χ0n) is 19.0. The first-order valence-corrected chi connectivity index (χ1v) is 10.6. The third kappa shape index (κ3) is 5.33. The van der Waals surface area contributed by atoms with Crippen molar-refractivity contribution >= 4 is 17.7 Å². The number of amides is 1. The lowest BCUT2D eigenvalue weighted by molar-refractivity contribution is -0.111. The first-order chi connectivity index (χ1) is 15.9. The lowest BCUT2D eigenvalue weighted by atomic mass is 10.2. The molecule has 4 rings (SSSR count). The van der Waals surface area contributed by atoms with Crippen LogP contribution in [-0.4, -0.2) is 25.7 Å². The van der Waals surface area contributed by atoms with Crippen LogP contribution in [-0.2, 0) is 4.79 Å². The predicted octanol–water partition coefficient (Wildman–Crippen LogP) is 5.34. The molecular weight excluding hydrogens is 414 g/mol. The van der Waals surface area contributed by atoms with E-state index in [1.807, 2.05) is 58.0 Å². The van der Waals surface area contributed by atoms with E-state index in [0.29, 0.717) is 29.0 Å². The summed E-state index contributed by atoms with van der Waals surface area (Å²) in [6.45, 7) is 7.84. The molecule has 0 atom stereocenters. The second-order valence-corrected chi connectivity index (χ2v) is 7.68. The van der Waals surface area contributed by atoms with Crippen LogP contribution in [0.1, 0.15) is 28.3 Å². The SMILES string of the molecule is Cc1nc(Oc2ccc(NC(=O)/C=C/c3ccccc3)cc2)cc(-n2nc(C)c(C)c2C)n1. The molecule has 1 amide bonds. The van der Waals surface area contributed by atoms with E-state index in [-0.39, 0.29) is 5.91 Å². The van der Waals surface area contributed by atoms with Crippen LogP contribution in [0.4, 0.5) is 5.69 Å². The molecule has 4 aromatic rings. The van der Waals surface area contributed by atoms with Gasteiger partial charge in [0.1, 0.15) is 11.6 Å². The molecule has 0 radical (unpaired) electrons. The molecule has 0 saturated heterocycles. The summed E-state index contributed by atoms with van der Waals surface area (Å²) in [6, 6.07) is 18.5. The maximum atomic E-state index is 12.2. The molecule has 7 heteroatoms. The monoisotopic (exact) mass is 439 g/mol. The fraction of sp³-hybridized carbons (Fsp3) is 0.154. The number of nitrogens with zero attached hydrogens (tertiary/aromatic N) is 4. The highest BCUT2D eigenvalue weighted by Gasteiger charge is 2.13.